The highest BCUT2D eigenvalue weighted by molar-refractivity contribution is 9.10. The molecular weight excluding hydrogens is 462 g/mol. The number of carbonyl (C=O) groups excluding carboxylic acids is 2. The summed E-state index contributed by atoms with van der Waals surface area (Å²) in [6.45, 7) is 2.42. The van der Waals surface area contributed by atoms with Crippen molar-refractivity contribution in [3.63, 3.8) is 0 Å². The van der Waals surface area contributed by atoms with Gasteiger partial charge in [0.15, 0.2) is 11.6 Å². The van der Waals surface area contributed by atoms with Crippen molar-refractivity contribution in [2.24, 2.45) is 0 Å². The Morgan fingerprint density at radius 1 is 1.10 bits per heavy atom. The van der Waals surface area contributed by atoms with Gasteiger partial charge in [-0.25, -0.2) is 0 Å². The number of ether oxygens (including phenoxy) is 1. The predicted molar refractivity (Wildman–Crippen MR) is 119 cm³/mol. The van der Waals surface area contributed by atoms with Crippen LogP contribution in [0.3, 0.4) is 0 Å². The second-order valence-electron chi connectivity index (χ2n) is 8.23. The molecule has 0 spiro atoms. The Morgan fingerprint density at radius 3 is 2.23 bits per heavy atom. The lowest BCUT2D eigenvalue weighted by molar-refractivity contribution is -0.138. The average molecular weight is 488 g/mol. The molecule has 1 aliphatic heterocycles. The molecule has 1 heterocycles. The van der Waals surface area contributed by atoms with Crippen molar-refractivity contribution in [2.45, 2.75) is 57.8 Å². The minimum Gasteiger partial charge on any atom is -0.492 e. The first-order chi connectivity index (χ1) is 14.9. The Morgan fingerprint density at radius 2 is 1.71 bits per heavy atom. The van der Waals surface area contributed by atoms with Crippen molar-refractivity contribution in [1.82, 2.24) is 4.90 Å². The number of allylic oxidation sites excluding steroid dienone is 4. The fourth-order valence-electron chi connectivity index (χ4n) is 4.90. The van der Waals surface area contributed by atoms with Gasteiger partial charge in [0.25, 0.3) is 0 Å². The Balaban J connectivity index is 1.87. The largest absolute Gasteiger partial charge is 0.492 e. The predicted octanol–water partition coefficient (Wildman–Crippen LogP) is 4.74. The molecule has 164 valence electrons. The maximum Gasteiger partial charge on any atom is 0.323 e. The summed E-state index contributed by atoms with van der Waals surface area (Å²) in [5.74, 6) is -0.675. The van der Waals surface area contributed by atoms with Gasteiger partial charge < -0.3 is 14.7 Å². The summed E-state index contributed by atoms with van der Waals surface area (Å²) in [5, 5.41) is 9.52. The molecular formula is C24H26BrNO5. The molecule has 0 unspecified atom stereocenters. The lowest BCUT2D eigenvalue weighted by Crippen LogP contribution is -2.41. The van der Waals surface area contributed by atoms with Gasteiger partial charge in [0, 0.05) is 41.3 Å². The fourth-order valence-corrected chi connectivity index (χ4v) is 5.41. The van der Waals surface area contributed by atoms with Crippen LogP contribution in [0.5, 0.6) is 5.75 Å². The summed E-state index contributed by atoms with van der Waals surface area (Å²) in [4.78, 5) is 39.6. The van der Waals surface area contributed by atoms with Crippen LogP contribution in [0.2, 0.25) is 0 Å². The van der Waals surface area contributed by atoms with E-state index in [9.17, 15) is 19.5 Å². The Bertz CT molecular complexity index is 965. The fraction of sp³-hybridized carbons (Fsp3) is 0.458. The van der Waals surface area contributed by atoms with Crippen LogP contribution in [0.25, 0.3) is 0 Å². The zero-order valence-electron chi connectivity index (χ0n) is 17.6. The molecule has 7 heteroatoms. The molecule has 1 N–H and O–H groups in total. The van der Waals surface area contributed by atoms with Crippen LogP contribution in [0.15, 0.2) is 45.2 Å². The van der Waals surface area contributed by atoms with Gasteiger partial charge in [-0.05, 0) is 65.7 Å². The molecule has 1 aromatic carbocycles. The quantitative estimate of drug-likeness (QED) is 0.623. The monoisotopic (exact) mass is 487 g/mol. The van der Waals surface area contributed by atoms with Gasteiger partial charge in [-0.1, -0.05) is 13.0 Å². The number of carboxylic acid groups (broad SMARTS) is 1. The lowest BCUT2D eigenvalue weighted by atomic mass is 9.71. The van der Waals surface area contributed by atoms with Gasteiger partial charge in [-0.2, -0.15) is 0 Å². The SMILES string of the molecule is CCCOc1ccc(C2C3=C(CCCC3=O)N(CC(=O)O)C3=C2C(=O)CCC3)cc1Br. The third-order valence-electron chi connectivity index (χ3n) is 6.13. The number of rotatable bonds is 6. The van der Waals surface area contributed by atoms with Crippen LogP contribution < -0.4 is 4.74 Å². The molecule has 4 rings (SSSR count). The van der Waals surface area contributed by atoms with Gasteiger partial charge in [-0.3, -0.25) is 14.4 Å². The van der Waals surface area contributed by atoms with Crippen LogP contribution >= 0.6 is 15.9 Å². The van der Waals surface area contributed by atoms with E-state index in [1.54, 1.807) is 4.90 Å². The van der Waals surface area contributed by atoms with E-state index in [4.69, 9.17) is 4.74 Å². The number of Topliss-reactive ketones (excluding diaryl/α,β-unsaturated/α-hetero) is 2. The third kappa shape index (κ3) is 4.07. The molecule has 0 atom stereocenters. The van der Waals surface area contributed by atoms with E-state index in [-0.39, 0.29) is 18.1 Å². The smallest absolute Gasteiger partial charge is 0.323 e. The zero-order valence-corrected chi connectivity index (χ0v) is 19.2. The number of hydrogen-bond donors (Lipinski definition) is 1. The zero-order chi connectivity index (χ0) is 22.1. The second-order valence-corrected chi connectivity index (χ2v) is 9.08. The van der Waals surface area contributed by atoms with E-state index in [0.29, 0.717) is 56.3 Å². The highest BCUT2D eigenvalue weighted by Crippen LogP contribution is 2.49. The number of halogens is 1. The van der Waals surface area contributed by atoms with E-state index < -0.39 is 11.9 Å². The number of benzene rings is 1. The van der Waals surface area contributed by atoms with Gasteiger partial charge >= 0.3 is 5.97 Å². The van der Waals surface area contributed by atoms with E-state index in [1.807, 2.05) is 25.1 Å². The topological polar surface area (TPSA) is 83.9 Å². The first-order valence-corrected chi connectivity index (χ1v) is 11.7. The molecule has 0 bridgehead atoms. The molecule has 0 saturated heterocycles. The third-order valence-corrected chi connectivity index (χ3v) is 6.75. The van der Waals surface area contributed by atoms with Crippen molar-refractivity contribution in [2.75, 3.05) is 13.2 Å². The lowest BCUT2D eigenvalue weighted by Gasteiger charge is -2.43. The van der Waals surface area contributed by atoms with Gasteiger partial charge in [0.1, 0.15) is 12.3 Å². The number of nitrogens with zero attached hydrogens (tertiary/aromatic N) is 1. The first-order valence-electron chi connectivity index (χ1n) is 10.9. The van der Waals surface area contributed by atoms with Crippen molar-refractivity contribution in [3.8, 4) is 5.75 Å². The summed E-state index contributed by atoms with van der Waals surface area (Å²) in [6.07, 6.45) is 4.43. The van der Waals surface area contributed by atoms with Crippen molar-refractivity contribution < 1.29 is 24.2 Å². The Hall–Kier alpha value is -2.41. The van der Waals surface area contributed by atoms with Gasteiger partial charge in [0.05, 0.1) is 11.1 Å². The molecule has 0 saturated carbocycles. The standard InChI is InChI=1S/C24H26BrNO5/c1-2-11-31-20-10-9-14(12-15(20)25)22-23-16(5-3-7-18(23)27)26(13-21(29)30)17-6-4-8-19(28)24(17)22/h9-10,12,22H,2-8,11,13H2,1H3,(H,29,30). The average Bonchev–Trinajstić information content (AvgIpc) is 2.73. The molecule has 31 heavy (non-hydrogen) atoms. The molecule has 2 aliphatic carbocycles. The number of hydrogen-bond acceptors (Lipinski definition) is 5. The summed E-state index contributed by atoms with van der Waals surface area (Å²) in [6, 6.07) is 5.73. The van der Waals surface area contributed by atoms with Gasteiger partial charge in [0.2, 0.25) is 0 Å². The number of aliphatic carboxylic acids is 1. The Kier molecular flexibility index (Phi) is 6.32. The Labute approximate surface area is 190 Å². The number of carbonyl (C=O) groups is 3. The maximum absolute atomic E-state index is 13.1. The highest BCUT2D eigenvalue weighted by atomic mass is 79.9. The number of ketones is 2. The van der Waals surface area contributed by atoms with Crippen LogP contribution in [-0.2, 0) is 14.4 Å². The van der Waals surface area contributed by atoms with Crippen LogP contribution in [0, 0.1) is 0 Å². The molecule has 0 radical (unpaired) electrons. The summed E-state index contributed by atoms with van der Waals surface area (Å²) in [5.41, 5.74) is 3.60. The van der Waals surface area contributed by atoms with Crippen LogP contribution in [0.4, 0.5) is 0 Å². The summed E-state index contributed by atoms with van der Waals surface area (Å²) in [7, 11) is 0. The second kappa shape index (κ2) is 8.99. The molecule has 6 nitrogen and oxygen atoms in total. The summed E-state index contributed by atoms with van der Waals surface area (Å²) < 4.78 is 6.55. The maximum atomic E-state index is 13.1. The van der Waals surface area contributed by atoms with Crippen LogP contribution in [-0.4, -0.2) is 40.7 Å². The van der Waals surface area contributed by atoms with E-state index in [0.717, 1.165) is 33.6 Å². The number of carboxylic acids is 1. The molecule has 0 aromatic heterocycles. The van der Waals surface area contributed by atoms with Gasteiger partial charge in [-0.15, -0.1) is 0 Å². The van der Waals surface area contributed by atoms with E-state index in [2.05, 4.69) is 15.9 Å². The van der Waals surface area contributed by atoms with Crippen molar-refractivity contribution in [1.29, 1.82) is 0 Å². The molecule has 0 fully saturated rings. The normalized spacial score (nSPS) is 19.5. The van der Waals surface area contributed by atoms with Crippen molar-refractivity contribution in [3.05, 3.63) is 50.8 Å². The van der Waals surface area contributed by atoms with E-state index in [1.165, 1.54) is 0 Å². The minimum absolute atomic E-state index is 0.00833. The molecule has 1 aromatic rings. The minimum atomic E-state index is -0.964. The summed E-state index contributed by atoms with van der Waals surface area (Å²) >= 11 is 3.58. The van der Waals surface area contributed by atoms with Crippen LogP contribution in [0.1, 0.15) is 63.4 Å². The van der Waals surface area contributed by atoms with Crippen molar-refractivity contribution >= 4 is 33.5 Å². The first kappa shape index (κ1) is 21.8. The molecule has 0 amide bonds. The van der Waals surface area contributed by atoms with E-state index >= 15 is 0 Å². The highest BCUT2D eigenvalue weighted by Gasteiger charge is 2.43. The molecule has 3 aliphatic rings.